The molecule has 0 aliphatic carbocycles. The van der Waals surface area contributed by atoms with E-state index in [1.54, 1.807) is 6.20 Å². The van der Waals surface area contributed by atoms with E-state index in [9.17, 15) is 4.79 Å². The zero-order valence-corrected chi connectivity index (χ0v) is 15.2. The Hall–Kier alpha value is -1.88. The summed E-state index contributed by atoms with van der Waals surface area (Å²) < 4.78 is 6.97. The Morgan fingerprint density at radius 2 is 2.04 bits per heavy atom. The molecule has 0 bridgehead atoms. The van der Waals surface area contributed by atoms with Crippen LogP contribution in [-0.2, 0) is 11.2 Å². The van der Waals surface area contributed by atoms with E-state index in [0.29, 0.717) is 12.2 Å². The van der Waals surface area contributed by atoms with Crippen LogP contribution < -0.4 is 10.1 Å². The third kappa shape index (κ3) is 4.32. The number of aryl methyl sites for hydroxylation is 1. The molecule has 1 amide bonds. The van der Waals surface area contributed by atoms with Gasteiger partial charge in [0.1, 0.15) is 11.9 Å². The number of carbonyl (C=O) groups excluding carboxylic acids is 1. The van der Waals surface area contributed by atoms with Crippen LogP contribution >= 0.6 is 15.9 Å². The summed E-state index contributed by atoms with van der Waals surface area (Å²) in [6.07, 6.45) is 2.80. The number of fused-ring (bicyclic) bond motifs is 1. The minimum Gasteiger partial charge on any atom is -0.482 e. The molecular weight excluding hydrogens is 356 g/mol. The highest BCUT2D eigenvalue weighted by atomic mass is 79.9. The maximum Gasteiger partial charge on any atom is 0.224 e. The molecule has 3 rings (SSSR count). The first-order valence-electron chi connectivity index (χ1n) is 7.83. The minimum absolute atomic E-state index is 0.0279. The summed E-state index contributed by atoms with van der Waals surface area (Å²) in [6.45, 7) is 5.94. The SMILES string of the molecule is CC.CC(Oc1cc(Br)cc2c1NC(=O)CC2)c1ccccn1. The highest BCUT2D eigenvalue weighted by Gasteiger charge is 2.21. The van der Waals surface area contributed by atoms with Crippen LogP contribution in [0.5, 0.6) is 5.75 Å². The average molecular weight is 377 g/mol. The van der Waals surface area contributed by atoms with Gasteiger partial charge in [-0.3, -0.25) is 9.78 Å². The van der Waals surface area contributed by atoms with Crippen molar-refractivity contribution in [2.45, 2.75) is 39.7 Å². The first kappa shape index (κ1) is 17.5. The number of aromatic nitrogens is 1. The summed E-state index contributed by atoms with van der Waals surface area (Å²) in [5.74, 6) is 0.700. The molecule has 4 nitrogen and oxygen atoms in total. The van der Waals surface area contributed by atoms with Crippen LogP contribution in [0.1, 0.15) is 44.6 Å². The first-order chi connectivity index (χ1) is 11.1. The van der Waals surface area contributed by atoms with Crippen molar-refractivity contribution in [2.75, 3.05) is 5.32 Å². The fourth-order valence-electron chi connectivity index (χ4n) is 2.39. The van der Waals surface area contributed by atoms with Gasteiger partial charge in [0.05, 0.1) is 11.4 Å². The van der Waals surface area contributed by atoms with E-state index < -0.39 is 0 Å². The normalized spacial score (nSPS) is 14.0. The van der Waals surface area contributed by atoms with Crippen LogP contribution in [0.2, 0.25) is 0 Å². The molecule has 122 valence electrons. The van der Waals surface area contributed by atoms with Gasteiger partial charge in [-0.1, -0.05) is 35.8 Å². The number of nitrogens with zero attached hydrogens (tertiary/aromatic N) is 1. The van der Waals surface area contributed by atoms with Crippen molar-refractivity contribution in [3.8, 4) is 5.75 Å². The maximum absolute atomic E-state index is 11.6. The van der Waals surface area contributed by atoms with Gasteiger partial charge in [-0.15, -0.1) is 0 Å². The van der Waals surface area contributed by atoms with Gasteiger partial charge in [-0.2, -0.15) is 0 Å². The number of halogens is 1. The van der Waals surface area contributed by atoms with Gasteiger partial charge in [-0.05, 0) is 43.2 Å². The Kier molecular flexibility index (Phi) is 6.16. The molecule has 0 fully saturated rings. The number of amides is 1. The summed E-state index contributed by atoms with van der Waals surface area (Å²) in [6, 6.07) is 9.63. The standard InChI is InChI=1S/C16H15BrN2O2.C2H6/c1-10(13-4-2-3-7-18-13)21-14-9-12(17)8-11-5-6-15(20)19-16(11)14;1-2/h2-4,7-10H,5-6H2,1H3,(H,19,20);1-2H3. The van der Waals surface area contributed by atoms with Crippen molar-refractivity contribution < 1.29 is 9.53 Å². The van der Waals surface area contributed by atoms with Gasteiger partial charge in [-0.25, -0.2) is 0 Å². The molecule has 1 aliphatic heterocycles. The maximum atomic E-state index is 11.6. The number of hydrogen-bond acceptors (Lipinski definition) is 3. The Morgan fingerprint density at radius 1 is 1.26 bits per heavy atom. The van der Waals surface area contributed by atoms with Crippen molar-refractivity contribution in [1.82, 2.24) is 4.98 Å². The van der Waals surface area contributed by atoms with Crippen molar-refractivity contribution in [3.05, 3.63) is 52.3 Å². The highest BCUT2D eigenvalue weighted by Crippen LogP contribution is 2.37. The number of benzene rings is 1. The zero-order valence-electron chi connectivity index (χ0n) is 13.6. The van der Waals surface area contributed by atoms with Crippen LogP contribution in [0.4, 0.5) is 5.69 Å². The molecule has 1 N–H and O–H groups in total. The summed E-state index contributed by atoms with van der Waals surface area (Å²) in [5.41, 5.74) is 2.72. The van der Waals surface area contributed by atoms with Crippen LogP contribution in [-0.4, -0.2) is 10.9 Å². The second-order valence-corrected chi connectivity index (χ2v) is 5.92. The number of hydrogen-bond donors (Lipinski definition) is 1. The third-order valence-corrected chi connectivity index (χ3v) is 3.90. The number of ether oxygens (including phenoxy) is 1. The molecule has 1 aromatic heterocycles. The summed E-state index contributed by atoms with van der Waals surface area (Å²) in [5, 5.41) is 2.91. The molecule has 0 saturated carbocycles. The predicted octanol–water partition coefficient (Wildman–Crippen LogP) is 4.90. The van der Waals surface area contributed by atoms with Gasteiger partial charge < -0.3 is 10.1 Å². The second-order valence-electron chi connectivity index (χ2n) is 5.00. The smallest absolute Gasteiger partial charge is 0.224 e. The lowest BCUT2D eigenvalue weighted by Gasteiger charge is -2.23. The molecule has 1 atom stereocenters. The quantitative estimate of drug-likeness (QED) is 0.828. The topological polar surface area (TPSA) is 51.2 Å². The highest BCUT2D eigenvalue weighted by molar-refractivity contribution is 9.10. The number of anilines is 1. The van der Waals surface area contributed by atoms with Crippen LogP contribution in [0, 0.1) is 0 Å². The fraction of sp³-hybridized carbons (Fsp3) is 0.333. The van der Waals surface area contributed by atoms with Crippen molar-refractivity contribution in [1.29, 1.82) is 0 Å². The minimum atomic E-state index is -0.191. The second kappa shape index (κ2) is 8.11. The molecule has 2 aromatic rings. The lowest BCUT2D eigenvalue weighted by atomic mass is 10.0. The molecule has 1 aromatic carbocycles. The molecule has 0 radical (unpaired) electrons. The van der Waals surface area contributed by atoms with Gasteiger partial charge in [0.25, 0.3) is 0 Å². The van der Waals surface area contributed by atoms with Crippen LogP contribution in [0.15, 0.2) is 41.0 Å². The van der Waals surface area contributed by atoms with E-state index >= 15 is 0 Å². The first-order valence-corrected chi connectivity index (χ1v) is 8.62. The molecule has 0 saturated heterocycles. The summed E-state index contributed by atoms with van der Waals surface area (Å²) in [7, 11) is 0. The van der Waals surface area contributed by atoms with Gasteiger partial charge >= 0.3 is 0 Å². The molecule has 1 aliphatic rings. The Bertz CT molecular complexity index is 674. The van der Waals surface area contributed by atoms with Crippen molar-refractivity contribution in [3.63, 3.8) is 0 Å². The van der Waals surface area contributed by atoms with E-state index in [4.69, 9.17) is 4.74 Å². The number of carbonyl (C=O) groups is 1. The van der Waals surface area contributed by atoms with E-state index in [2.05, 4.69) is 26.2 Å². The van der Waals surface area contributed by atoms with Gasteiger partial charge in [0.15, 0.2) is 0 Å². The fourth-order valence-corrected chi connectivity index (χ4v) is 2.87. The van der Waals surface area contributed by atoms with Gasteiger partial charge in [0.2, 0.25) is 5.91 Å². The Labute approximate surface area is 145 Å². The number of pyridine rings is 1. The Balaban J connectivity index is 0.000000924. The van der Waals surface area contributed by atoms with Crippen LogP contribution in [0.3, 0.4) is 0 Å². The molecular formula is C18H21BrN2O2. The zero-order chi connectivity index (χ0) is 16.8. The summed E-state index contributed by atoms with van der Waals surface area (Å²) in [4.78, 5) is 15.9. The van der Waals surface area contributed by atoms with E-state index in [1.165, 1.54) is 0 Å². The lowest BCUT2D eigenvalue weighted by Crippen LogP contribution is -2.20. The monoisotopic (exact) mass is 376 g/mol. The van der Waals surface area contributed by atoms with Gasteiger partial charge in [0, 0.05) is 17.1 Å². The lowest BCUT2D eigenvalue weighted by molar-refractivity contribution is -0.116. The van der Waals surface area contributed by atoms with Crippen molar-refractivity contribution in [2.24, 2.45) is 0 Å². The molecule has 0 spiro atoms. The summed E-state index contributed by atoms with van der Waals surface area (Å²) >= 11 is 3.49. The van der Waals surface area contributed by atoms with E-state index in [0.717, 1.165) is 27.8 Å². The Morgan fingerprint density at radius 3 is 2.74 bits per heavy atom. The number of rotatable bonds is 3. The van der Waals surface area contributed by atoms with E-state index in [-0.39, 0.29) is 12.0 Å². The number of nitrogens with one attached hydrogen (secondary N) is 1. The van der Waals surface area contributed by atoms with Crippen molar-refractivity contribution >= 4 is 27.5 Å². The van der Waals surface area contributed by atoms with Crippen LogP contribution in [0.25, 0.3) is 0 Å². The molecule has 1 unspecified atom stereocenters. The average Bonchev–Trinajstić information content (AvgIpc) is 2.58. The predicted molar refractivity (Wildman–Crippen MR) is 95.7 cm³/mol. The molecule has 23 heavy (non-hydrogen) atoms. The molecule has 5 heteroatoms. The largest absolute Gasteiger partial charge is 0.482 e. The third-order valence-electron chi connectivity index (χ3n) is 3.44. The molecule has 2 heterocycles. The van der Waals surface area contributed by atoms with E-state index in [1.807, 2.05) is 51.1 Å².